The van der Waals surface area contributed by atoms with Gasteiger partial charge in [0.1, 0.15) is 0 Å². The van der Waals surface area contributed by atoms with Crippen molar-refractivity contribution in [2.45, 2.75) is 0 Å². The van der Waals surface area contributed by atoms with E-state index in [2.05, 4.69) is 4.90 Å². The van der Waals surface area contributed by atoms with Crippen LogP contribution in [0.3, 0.4) is 0 Å². The van der Waals surface area contributed by atoms with Crippen LogP contribution < -0.4 is 34.5 Å². The Labute approximate surface area is 144 Å². The van der Waals surface area contributed by atoms with Gasteiger partial charge in [-0.05, 0) is 12.1 Å². The zero-order valence-electron chi connectivity index (χ0n) is 10.6. The maximum atomic E-state index is 10.6. The largest absolute Gasteiger partial charge is 1.00 e. The molecule has 0 aliphatic carbocycles. The summed E-state index contributed by atoms with van der Waals surface area (Å²) in [7, 11) is 0. The van der Waals surface area contributed by atoms with E-state index in [4.69, 9.17) is 24.8 Å². The molecule has 0 bridgehead atoms. The zero-order chi connectivity index (χ0) is 13.1. The molecule has 2 rings (SSSR count). The average molecular weight is 305 g/mol. The Morgan fingerprint density at radius 2 is 1.74 bits per heavy atom. The Morgan fingerprint density at radius 1 is 1.21 bits per heavy atom. The van der Waals surface area contributed by atoms with Crippen LogP contribution >= 0.6 is 12.2 Å². The van der Waals surface area contributed by atoms with Crippen molar-refractivity contribution in [3.8, 4) is 0 Å². The molecule has 0 radical (unpaired) electrons. The van der Waals surface area contributed by atoms with Crippen molar-refractivity contribution in [2.24, 2.45) is 0 Å². The van der Waals surface area contributed by atoms with Gasteiger partial charge in [-0.25, -0.2) is 0 Å². The van der Waals surface area contributed by atoms with Gasteiger partial charge < -0.3 is 34.6 Å². The van der Waals surface area contributed by atoms with Crippen LogP contribution in [0.15, 0.2) is 24.3 Å². The Balaban J connectivity index is 0.00000180. The van der Waals surface area contributed by atoms with E-state index in [-0.39, 0.29) is 35.2 Å². The van der Waals surface area contributed by atoms with Gasteiger partial charge in [-0.1, -0.05) is 4.32 Å². The molecule has 1 aromatic rings. The van der Waals surface area contributed by atoms with Gasteiger partial charge in [0.05, 0.1) is 4.92 Å². The van der Waals surface area contributed by atoms with Crippen LogP contribution in [0, 0.1) is 10.1 Å². The summed E-state index contributed by atoms with van der Waals surface area (Å²) in [6, 6.07) is 6.61. The smallest absolute Gasteiger partial charge is 0.411 e. The predicted molar refractivity (Wildman–Crippen MR) is 76.8 cm³/mol. The summed E-state index contributed by atoms with van der Waals surface area (Å²) in [5.41, 5.74) is 1.11. The van der Waals surface area contributed by atoms with Crippen molar-refractivity contribution in [3.05, 3.63) is 34.4 Å². The van der Waals surface area contributed by atoms with Crippen LogP contribution in [0.2, 0.25) is 0 Å². The molecule has 0 spiro atoms. The summed E-state index contributed by atoms with van der Waals surface area (Å²) in [6.07, 6.45) is 0. The molecular weight excluding hydrogens is 293 g/mol. The molecule has 1 aliphatic rings. The quantitative estimate of drug-likeness (QED) is 0.219. The predicted octanol–water partition coefficient (Wildman–Crippen LogP) is -1.45. The van der Waals surface area contributed by atoms with E-state index in [9.17, 15) is 10.1 Å². The van der Waals surface area contributed by atoms with Gasteiger partial charge in [0.2, 0.25) is 0 Å². The number of nitrogens with zero attached hydrogens (tertiary/aromatic N) is 3. The van der Waals surface area contributed by atoms with Crippen molar-refractivity contribution >= 4 is 40.5 Å². The second kappa shape index (κ2) is 7.35. The fraction of sp³-hybridized carbons (Fsp3) is 0.364. The van der Waals surface area contributed by atoms with E-state index < -0.39 is 4.92 Å². The summed E-state index contributed by atoms with van der Waals surface area (Å²) < 4.78 is 0.512. The molecule has 0 saturated carbocycles. The van der Waals surface area contributed by atoms with E-state index >= 15 is 0 Å². The fourth-order valence-corrected chi connectivity index (χ4v) is 2.30. The Kier molecular flexibility index (Phi) is 6.41. The second-order valence-electron chi connectivity index (χ2n) is 4.01. The third-order valence-corrected chi connectivity index (χ3v) is 3.48. The summed E-state index contributed by atoms with van der Waals surface area (Å²) in [4.78, 5) is 14.3. The molecule has 0 aromatic heterocycles. The molecule has 1 heterocycles. The molecule has 96 valence electrons. The molecule has 8 heteroatoms. The number of rotatable bonds is 2. The minimum Gasteiger partial charge on any atom is -0.411 e. The molecule has 0 N–H and O–H groups in total. The summed E-state index contributed by atoms with van der Waals surface area (Å²) >= 11 is 9.93. The molecule has 1 aromatic carbocycles. The van der Waals surface area contributed by atoms with E-state index in [0.29, 0.717) is 4.32 Å². The van der Waals surface area contributed by atoms with E-state index in [1.165, 1.54) is 12.1 Å². The van der Waals surface area contributed by atoms with Crippen LogP contribution in [0.4, 0.5) is 11.4 Å². The molecule has 5 nitrogen and oxygen atoms in total. The van der Waals surface area contributed by atoms with Gasteiger partial charge in [-0.2, -0.15) is 0 Å². The van der Waals surface area contributed by atoms with Crippen molar-refractivity contribution in [3.63, 3.8) is 0 Å². The van der Waals surface area contributed by atoms with E-state index in [1.807, 2.05) is 4.90 Å². The van der Waals surface area contributed by atoms with Gasteiger partial charge in [0.15, 0.2) is 0 Å². The second-order valence-corrected chi connectivity index (χ2v) is 5.05. The van der Waals surface area contributed by atoms with Gasteiger partial charge in [0.25, 0.3) is 5.69 Å². The number of nitro groups is 1. The number of hydrogen-bond donors (Lipinski definition) is 0. The summed E-state index contributed by atoms with van der Waals surface area (Å²) in [6.45, 7) is 3.27. The standard InChI is InChI=1S/C11H13N3O2S2.Na/c15-14(16)10-3-1-9(2-4-10)12-5-7-13(8-6-12)11(17)18;/h1-4H,5-8H2,(H,17,18);/q;+1/p-1. The number of benzene rings is 1. The summed E-state index contributed by atoms with van der Waals surface area (Å²) in [5, 5.41) is 10.6. The van der Waals surface area contributed by atoms with Crippen LogP contribution in [0.5, 0.6) is 0 Å². The van der Waals surface area contributed by atoms with Crippen LogP contribution in [-0.4, -0.2) is 40.3 Å². The molecule has 1 saturated heterocycles. The summed E-state index contributed by atoms with van der Waals surface area (Å²) in [5.74, 6) is 0. The molecule has 1 aliphatic heterocycles. The molecule has 0 atom stereocenters. The van der Waals surface area contributed by atoms with E-state index in [0.717, 1.165) is 31.9 Å². The van der Waals surface area contributed by atoms with Gasteiger partial charge >= 0.3 is 29.6 Å². The number of piperazine rings is 1. The Bertz CT molecular complexity index is 462. The zero-order valence-corrected chi connectivity index (χ0v) is 14.2. The third-order valence-electron chi connectivity index (χ3n) is 2.96. The van der Waals surface area contributed by atoms with Gasteiger partial charge in [0, 0.05) is 44.0 Å². The van der Waals surface area contributed by atoms with Crippen LogP contribution in [-0.2, 0) is 12.6 Å². The molecule has 0 amide bonds. The van der Waals surface area contributed by atoms with Crippen molar-refractivity contribution in [1.82, 2.24) is 4.90 Å². The minimum atomic E-state index is -0.392. The first-order chi connectivity index (χ1) is 8.58. The first-order valence-corrected chi connectivity index (χ1v) is 6.35. The Morgan fingerprint density at radius 3 is 2.16 bits per heavy atom. The monoisotopic (exact) mass is 305 g/mol. The number of anilines is 1. The molecule has 19 heavy (non-hydrogen) atoms. The topological polar surface area (TPSA) is 49.6 Å². The van der Waals surface area contributed by atoms with E-state index in [1.54, 1.807) is 12.1 Å². The maximum Gasteiger partial charge on any atom is 1.00 e. The fourth-order valence-electron chi connectivity index (χ4n) is 1.93. The normalized spacial score (nSPS) is 14.7. The molecule has 1 fully saturated rings. The minimum absolute atomic E-state index is 0. The SMILES string of the molecule is O=[N+]([O-])c1ccc(N2CCN(C(=S)[S-])CC2)cc1.[Na+]. The van der Waals surface area contributed by atoms with Crippen LogP contribution in [0.25, 0.3) is 0 Å². The van der Waals surface area contributed by atoms with Crippen LogP contribution in [0.1, 0.15) is 0 Å². The first-order valence-electron chi connectivity index (χ1n) is 5.53. The first kappa shape index (κ1) is 16.6. The molecule has 0 unspecified atom stereocenters. The molecular formula is C11H12N3NaO2S2. The Hall–Kier alpha value is -0.470. The maximum absolute atomic E-state index is 10.6. The van der Waals surface area contributed by atoms with Gasteiger partial charge in [-0.3, -0.25) is 10.1 Å². The number of hydrogen-bond acceptors (Lipinski definition) is 5. The van der Waals surface area contributed by atoms with Gasteiger partial charge in [-0.15, -0.1) is 0 Å². The van der Waals surface area contributed by atoms with Crippen molar-refractivity contribution in [1.29, 1.82) is 0 Å². The van der Waals surface area contributed by atoms with Crippen molar-refractivity contribution in [2.75, 3.05) is 31.1 Å². The number of thiocarbonyl (C=S) groups is 1. The number of nitro benzene ring substituents is 1. The third kappa shape index (κ3) is 4.25. The average Bonchev–Trinajstić information content (AvgIpc) is 2.39. The number of non-ortho nitro benzene ring substituents is 1. The van der Waals surface area contributed by atoms with Crippen molar-refractivity contribution < 1.29 is 34.5 Å².